The maximum atomic E-state index is 11.4. The highest BCUT2D eigenvalue weighted by Crippen LogP contribution is 2.36. The number of rotatable bonds is 6. The topological polar surface area (TPSA) is 102 Å². The van der Waals surface area contributed by atoms with Crippen molar-refractivity contribution in [1.29, 1.82) is 0 Å². The van der Waals surface area contributed by atoms with Gasteiger partial charge in [0.05, 0.1) is 10.5 Å². The van der Waals surface area contributed by atoms with E-state index < -0.39 is 4.92 Å². The first-order valence-corrected chi connectivity index (χ1v) is 11.2. The van der Waals surface area contributed by atoms with E-state index in [2.05, 4.69) is 46.2 Å². The average molecular weight is 480 g/mol. The van der Waals surface area contributed by atoms with E-state index in [0.29, 0.717) is 29.0 Å². The van der Waals surface area contributed by atoms with Crippen LogP contribution < -0.4 is 4.90 Å². The van der Waals surface area contributed by atoms with Crippen molar-refractivity contribution in [2.45, 2.75) is 12.5 Å². The number of hydrogen-bond acceptors (Lipinski definition) is 8. The Balaban J connectivity index is 1.35. The molecule has 1 atom stereocenters. The summed E-state index contributed by atoms with van der Waals surface area (Å²) in [5.41, 5.74) is 2.13. The van der Waals surface area contributed by atoms with E-state index in [0.717, 1.165) is 30.8 Å². The normalized spacial score (nSPS) is 15.9. The van der Waals surface area contributed by atoms with E-state index in [1.807, 2.05) is 12.1 Å². The van der Waals surface area contributed by atoms with Gasteiger partial charge in [0.2, 0.25) is 5.89 Å². The Morgan fingerprint density at radius 3 is 2.47 bits per heavy atom. The number of furan rings is 1. The van der Waals surface area contributed by atoms with Crippen LogP contribution in [-0.2, 0) is 0 Å². The SMILES string of the molecule is CN(C)C1CCN(c2ccc(-c3nnc(-c4ccc(-c5ccc(Cl)cc5[N+](=O)[O-])o4)o3)cc2)C1. The molecule has 10 heteroatoms. The molecule has 0 bridgehead atoms. The minimum atomic E-state index is -0.499. The third-order valence-corrected chi connectivity index (χ3v) is 6.27. The molecule has 34 heavy (non-hydrogen) atoms. The summed E-state index contributed by atoms with van der Waals surface area (Å²) < 4.78 is 11.6. The quantitative estimate of drug-likeness (QED) is 0.269. The van der Waals surface area contributed by atoms with Gasteiger partial charge in [-0.2, -0.15) is 0 Å². The Morgan fingerprint density at radius 1 is 1.03 bits per heavy atom. The number of aromatic nitrogens is 2. The van der Waals surface area contributed by atoms with Gasteiger partial charge in [-0.3, -0.25) is 10.1 Å². The van der Waals surface area contributed by atoms with E-state index in [1.165, 1.54) is 6.07 Å². The summed E-state index contributed by atoms with van der Waals surface area (Å²) in [6.45, 7) is 2.03. The van der Waals surface area contributed by atoms with E-state index in [9.17, 15) is 10.1 Å². The molecule has 0 spiro atoms. The Bertz CT molecular complexity index is 1330. The lowest BCUT2D eigenvalue weighted by molar-refractivity contribution is -0.384. The van der Waals surface area contributed by atoms with Crippen LogP contribution in [0, 0.1) is 10.1 Å². The second-order valence-corrected chi connectivity index (χ2v) is 8.83. The predicted molar refractivity (Wildman–Crippen MR) is 129 cm³/mol. The minimum Gasteiger partial charge on any atom is -0.451 e. The molecule has 0 saturated carbocycles. The fraction of sp³-hybridized carbons (Fsp3) is 0.250. The maximum absolute atomic E-state index is 11.4. The van der Waals surface area contributed by atoms with Crippen LogP contribution in [0.5, 0.6) is 0 Å². The summed E-state index contributed by atoms with van der Waals surface area (Å²) in [5, 5.41) is 19.9. The Hall–Kier alpha value is -3.69. The summed E-state index contributed by atoms with van der Waals surface area (Å²) in [6.07, 6.45) is 1.14. The van der Waals surface area contributed by atoms with Crippen LogP contribution in [0.25, 0.3) is 34.4 Å². The zero-order valence-electron chi connectivity index (χ0n) is 18.6. The largest absolute Gasteiger partial charge is 0.451 e. The van der Waals surface area contributed by atoms with Crippen LogP contribution in [0.2, 0.25) is 5.02 Å². The number of nitro groups is 1. The molecule has 2 aromatic carbocycles. The number of anilines is 1. The molecule has 1 aliphatic rings. The van der Waals surface area contributed by atoms with Gasteiger partial charge >= 0.3 is 0 Å². The fourth-order valence-electron chi connectivity index (χ4n) is 4.11. The van der Waals surface area contributed by atoms with Crippen molar-refractivity contribution in [1.82, 2.24) is 15.1 Å². The molecule has 1 unspecified atom stereocenters. The lowest BCUT2D eigenvalue weighted by atomic mass is 10.1. The highest BCUT2D eigenvalue weighted by molar-refractivity contribution is 6.30. The Morgan fingerprint density at radius 2 is 1.76 bits per heavy atom. The number of hydrogen-bond donors (Lipinski definition) is 0. The lowest BCUT2D eigenvalue weighted by Crippen LogP contribution is -2.31. The third kappa shape index (κ3) is 4.27. The van der Waals surface area contributed by atoms with Crippen LogP contribution in [-0.4, -0.2) is 53.2 Å². The van der Waals surface area contributed by atoms with Gasteiger partial charge in [-0.25, -0.2) is 0 Å². The van der Waals surface area contributed by atoms with E-state index >= 15 is 0 Å². The summed E-state index contributed by atoms with van der Waals surface area (Å²) >= 11 is 5.90. The van der Waals surface area contributed by atoms with Gasteiger partial charge in [0.25, 0.3) is 11.6 Å². The molecule has 0 aliphatic carbocycles. The molecule has 174 valence electrons. The third-order valence-electron chi connectivity index (χ3n) is 6.04. The zero-order chi connectivity index (χ0) is 23.8. The molecule has 0 radical (unpaired) electrons. The fourth-order valence-corrected chi connectivity index (χ4v) is 4.28. The number of likely N-dealkylation sites (N-methyl/N-ethyl adjacent to an activating group) is 1. The van der Waals surface area contributed by atoms with Crippen LogP contribution in [0.15, 0.2) is 63.4 Å². The van der Waals surface area contributed by atoms with Gasteiger partial charge in [0.15, 0.2) is 5.76 Å². The molecule has 2 aromatic heterocycles. The van der Waals surface area contributed by atoms with Gasteiger partial charge in [0, 0.05) is 41.5 Å². The summed E-state index contributed by atoms with van der Waals surface area (Å²) in [6, 6.07) is 16.3. The first-order chi connectivity index (χ1) is 16.4. The van der Waals surface area contributed by atoms with Gasteiger partial charge in [0.1, 0.15) is 5.76 Å². The van der Waals surface area contributed by atoms with Crippen molar-refractivity contribution in [2.75, 3.05) is 32.1 Å². The van der Waals surface area contributed by atoms with Crippen LogP contribution in [0.4, 0.5) is 11.4 Å². The molecule has 3 heterocycles. The minimum absolute atomic E-state index is 0.144. The smallest absolute Gasteiger partial charge is 0.283 e. The molecule has 0 amide bonds. The van der Waals surface area contributed by atoms with Crippen molar-refractivity contribution in [2.24, 2.45) is 0 Å². The average Bonchev–Trinajstić information content (AvgIpc) is 3.59. The second-order valence-electron chi connectivity index (χ2n) is 8.39. The Kier molecular flexibility index (Phi) is 5.80. The molecule has 1 saturated heterocycles. The van der Waals surface area contributed by atoms with Gasteiger partial charge < -0.3 is 18.6 Å². The van der Waals surface area contributed by atoms with Crippen molar-refractivity contribution in [3.05, 3.63) is 69.7 Å². The first-order valence-electron chi connectivity index (χ1n) is 10.8. The lowest BCUT2D eigenvalue weighted by Gasteiger charge is -2.21. The first kappa shape index (κ1) is 22.1. The molecular weight excluding hydrogens is 458 g/mol. The second kappa shape index (κ2) is 8.92. The molecule has 9 nitrogen and oxygen atoms in total. The molecule has 4 aromatic rings. The Labute approximate surface area is 200 Å². The van der Waals surface area contributed by atoms with Crippen molar-refractivity contribution >= 4 is 23.0 Å². The number of halogens is 1. The highest BCUT2D eigenvalue weighted by atomic mass is 35.5. The van der Waals surface area contributed by atoms with E-state index in [1.54, 1.807) is 24.3 Å². The number of nitro benzene ring substituents is 1. The van der Waals surface area contributed by atoms with Gasteiger partial charge in [-0.1, -0.05) is 11.6 Å². The monoisotopic (exact) mass is 479 g/mol. The van der Waals surface area contributed by atoms with Crippen LogP contribution in [0.1, 0.15) is 6.42 Å². The van der Waals surface area contributed by atoms with Gasteiger partial charge in [-0.15, -0.1) is 10.2 Å². The molecule has 0 N–H and O–H groups in total. The number of benzene rings is 2. The summed E-state index contributed by atoms with van der Waals surface area (Å²) in [4.78, 5) is 15.5. The summed E-state index contributed by atoms with van der Waals surface area (Å²) in [7, 11) is 4.23. The summed E-state index contributed by atoms with van der Waals surface area (Å²) in [5.74, 6) is 1.19. The van der Waals surface area contributed by atoms with Crippen molar-refractivity contribution in [3.63, 3.8) is 0 Å². The van der Waals surface area contributed by atoms with Crippen LogP contribution in [0.3, 0.4) is 0 Å². The van der Waals surface area contributed by atoms with E-state index in [4.69, 9.17) is 20.4 Å². The standard InChI is InChI=1S/C24H22ClN5O4/c1-28(2)18-11-12-29(14-18)17-6-3-15(4-7-17)23-26-27-24(34-23)22-10-9-21(33-22)19-8-5-16(25)13-20(19)30(31)32/h3-10,13,18H,11-12,14H2,1-2H3. The van der Waals surface area contributed by atoms with Crippen LogP contribution >= 0.6 is 11.6 Å². The zero-order valence-corrected chi connectivity index (χ0v) is 19.4. The molecular formula is C24H22ClN5O4. The van der Waals surface area contributed by atoms with E-state index in [-0.39, 0.29) is 16.6 Å². The van der Waals surface area contributed by atoms with Crippen molar-refractivity contribution in [3.8, 4) is 34.4 Å². The number of nitrogens with zero attached hydrogens (tertiary/aromatic N) is 5. The van der Waals surface area contributed by atoms with Gasteiger partial charge in [-0.05, 0) is 69.0 Å². The van der Waals surface area contributed by atoms with Crippen molar-refractivity contribution < 1.29 is 13.8 Å². The molecule has 5 rings (SSSR count). The maximum Gasteiger partial charge on any atom is 0.283 e. The highest BCUT2D eigenvalue weighted by Gasteiger charge is 2.24. The predicted octanol–water partition coefficient (Wildman–Crippen LogP) is 5.37. The molecule has 1 aliphatic heterocycles. The molecule has 1 fully saturated rings.